The maximum atomic E-state index is 11.5. The van der Waals surface area contributed by atoms with Gasteiger partial charge in [0.05, 0.1) is 15.4 Å². The third-order valence-electron chi connectivity index (χ3n) is 2.91. The van der Waals surface area contributed by atoms with E-state index in [-0.39, 0.29) is 10.6 Å². The van der Waals surface area contributed by atoms with E-state index < -0.39 is 16.1 Å². The van der Waals surface area contributed by atoms with Crippen LogP contribution in [0.2, 0.25) is 0 Å². The van der Waals surface area contributed by atoms with E-state index in [0.29, 0.717) is 17.1 Å². The quantitative estimate of drug-likeness (QED) is 0.530. The van der Waals surface area contributed by atoms with E-state index >= 15 is 0 Å². The highest BCUT2D eigenvalue weighted by atomic mass is 32.2. The first-order chi connectivity index (χ1) is 10.5. The Morgan fingerprint density at radius 3 is 2.64 bits per heavy atom. The molecule has 1 aliphatic rings. The van der Waals surface area contributed by atoms with Gasteiger partial charge in [-0.1, -0.05) is 12.1 Å². The Morgan fingerprint density at radius 2 is 1.95 bits per heavy atom. The molecule has 0 aliphatic carbocycles. The van der Waals surface area contributed by atoms with E-state index in [9.17, 15) is 19.7 Å². The van der Waals surface area contributed by atoms with Crippen molar-refractivity contribution in [3.63, 3.8) is 0 Å². The number of carbonyl (C=O) groups is 2. The molecule has 2 amide bonds. The highest BCUT2D eigenvalue weighted by molar-refractivity contribution is 8.18. The molecule has 0 atom stereocenters. The molecule has 1 N–H and O–H groups in total. The highest BCUT2D eigenvalue weighted by Crippen LogP contribution is 2.32. The van der Waals surface area contributed by atoms with Gasteiger partial charge in [-0.3, -0.25) is 25.0 Å². The number of thioether (sulfide) groups is 1. The Balaban J connectivity index is 1.95. The van der Waals surface area contributed by atoms with Crippen molar-refractivity contribution in [3.05, 3.63) is 57.2 Å². The second kappa shape index (κ2) is 5.49. The van der Waals surface area contributed by atoms with Crippen molar-refractivity contribution in [2.45, 2.75) is 0 Å². The second-order valence-electron chi connectivity index (χ2n) is 4.33. The predicted octanol–water partition coefficient (Wildman–Crippen LogP) is 3.18. The molecule has 3 rings (SSSR count). The molecule has 0 unspecified atom stereocenters. The molecule has 2 aromatic rings. The molecule has 1 aliphatic heterocycles. The number of rotatable bonds is 3. The van der Waals surface area contributed by atoms with Gasteiger partial charge < -0.3 is 4.42 Å². The molecule has 0 radical (unpaired) electrons. The van der Waals surface area contributed by atoms with Crippen LogP contribution in [0.25, 0.3) is 17.4 Å². The molecule has 1 saturated heterocycles. The summed E-state index contributed by atoms with van der Waals surface area (Å²) < 4.78 is 5.52. The van der Waals surface area contributed by atoms with Crippen LogP contribution in [-0.2, 0) is 4.79 Å². The summed E-state index contributed by atoms with van der Waals surface area (Å²) in [7, 11) is 0. The first-order valence-electron chi connectivity index (χ1n) is 6.13. The Labute approximate surface area is 128 Å². The number of nitro benzene ring substituents is 1. The van der Waals surface area contributed by atoms with Crippen molar-refractivity contribution in [1.29, 1.82) is 0 Å². The highest BCUT2D eigenvalue weighted by Gasteiger charge is 2.25. The average molecular weight is 316 g/mol. The summed E-state index contributed by atoms with van der Waals surface area (Å²) in [6.07, 6.45) is 1.42. The lowest BCUT2D eigenvalue weighted by Gasteiger charge is -1.98. The third kappa shape index (κ3) is 2.63. The summed E-state index contributed by atoms with van der Waals surface area (Å²) in [4.78, 5) is 33.3. The molecule has 8 heteroatoms. The number of furan rings is 1. The van der Waals surface area contributed by atoms with Crippen LogP contribution in [0.3, 0.4) is 0 Å². The van der Waals surface area contributed by atoms with E-state index in [1.165, 1.54) is 12.1 Å². The van der Waals surface area contributed by atoms with Crippen LogP contribution in [0.15, 0.2) is 45.7 Å². The number of nitro groups is 1. The van der Waals surface area contributed by atoms with E-state index in [1.807, 2.05) is 0 Å². The number of amides is 2. The zero-order valence-corrected chi connectivity index (χ0v) is 11.8. The van der Waals surface area contributed by atoms with Crippen molar-refractivity contribution < 1.29 is 18.9 Å². The molecule has 2 heterocycles. The average Bonchev–Trinajstić information content (AvgIpc) is 3.06. The minimum atomic E-state index is -0.491. The molecule has 1 aromatic heterocycles. The normalized spacial score (nSPS) is 16.1. The second-order valence-corrected chi connectivity index (χ2v) is 5.34. The number of hydrogen-bond acceptors (Lipinski definition) is 6. The largest absolute Gasteiger partial charge is 0.456 e. The smallest absolute Gasteiger partial charge is 0.290 e. The number of nitrogens with zero attached hydrogens (tertiary/aromatic N) is 1. The lowest BCUT2D eigenvalue weighted by atomic mass is 10.1. The minimum absolute atomic E-state index is 0.0702. The maximum absolute atomic E-state index is 11.5. The molecule has 0 bridgehead atoms. The summed E-state index contributed by atoms with van der Waals surface area (Å²) in [6, 6.07) is 9.35. The Kier molecular flexibility index (Phi) is 3.51. The van der Waals surface area contributed by atoms with Crippen molar-refractivity contribution in [3.8, 4) is 11.3 Å². The van der Waals surface area contributed by atoms with Gasteiger partial charge in [-0.25, -0.2) is 0 Å². The Bertz CT molecular complexity index is 824. The molecule has 110 valence electrons. The van der Waals surface area contributed by atoms with Gasteiger partial charge >= 0.3 is 0 Å². The number of benzene rings is 1. The molecule has 0 saturated carbocycles. The monoisotopic (exact) mass is 316 g/mol. The zero-order chi connectivity index (χ0) is 15.7. The van der Waals surface area contributed by atoms with Gasteiger partial charge in [0, 0.05) is 12.1 Å². The molecular weight excluding hydrogens is 308 g/mol. The van der Waals surface area contributed by atoms with Gasteiger partial charge in [-0.2, -0.15) is 0 Å². The van der Waals surface area contributed by atoms with Gasteiger partial charge in [0.25, 0.3) is 16.8 Å². The van der Waals surface area contributed by atoms with Gasteiger partial charge in [0.15, 0.2) is 0 Å². The van der Waals surface area contributed by atoms with E-state index in [2.05, 4.69) is 5.32 Å². The number of imide groups is 1. The van der Waals surface area contributed by atoms with Gasteiger partial charge in [0.1, 0.15) is 11.5 Å². The number of para-hydroxylation sites is 1. The molecular formula is C14H8N2O5S. The SMILES string of the molecule is O=C1NC(=O)C(=Cc2ccc(-c3ccccc3[N+](=O)[O-])o2)S1. The van der Waals surface area contributed by atoms with Crippen LogP contribution in [0.4, 0.5) is 10.5 Å². The Morgan fingerprint density at radius 1 is 1.18 bits per heavy atom. The standard InChI is InChI=1S/C14H8N2O5S/c17-13-12(22-14(18)15-13)7-8-5-6-11(21-8)9-3-1-2-4-10(9)16(19)20/h1-7H,(H,15,17,18). The Hall–Kier alpha value is -2.87. The molecule has 7 nitrogen and oxygen atoms in total. The first kappa shape index (κ1) is 14.1. The summed E-state index contributed by atoms with van der Waals surface area (Å²) in [5.41, 5.74) is 0.274. The number of hydrogen-bond donors (Lipinski definition) is 1. The fraction of sp³-hybridized carbons (Fsp3) is 0. The predicted molar refractivity (Wildman–Crippen MR) is 79.9 cm³/mol. The van der Waals surface area contributed by atoms with Crippen LogP contribution >= 0.6 is 11.8 Å². The van der Waals surface area contributed by atoms with Crippen LogP contribution in [0.5, 0.6) is 0 Å². The third-order valence-corrected chi connectivity index (χ3v) is 3.72. The lowest BCUT2D eigenvalue weighted by molar-refractivity contribution is -0.384. The first-order valence-corrected chi connectivity index (χ1v) is 6.95. The topological polar surface area (TPSA) is 102 Å². The van der Waals surface area contributed by atoms with E-state index in [1.54, 1.807) is 30.3 Å². The van der Waals surface area contributed by atoms with E-state index in [0.717, 1.165) is 11.8 Å². The van der Waals surface area contributed by atoms with Crippen molar-refractivity contribution in [2.24, 2.45) is 0 Å². The zero-order valence-electron chi connectivity index (χ0n) is 10.9. The molecule has 22 heavy (non-hydrogen) atoms. The van der Waals surface area contributed by atoms with Gasteiger partial charge in [-0.05, 0) is 30.0 Å². The minimum Gasteiger partial charge on any atom is -0.456 e. The molecule has 0 spiro atoms. The maximum Gasteiger partial charge on any atom is 0.290 e. The van der Waals surface area contributed by atoms with E-state index in [4.69, 9.17) is 4.42 Å². The fourth-order valence-corrected chi connectivity index (χ4v) is 2.63. The van der Waals surface area contributed by atoms with Gasteiger partial charge in [-0.15, -0.1) is 0 Å². The van der Waals surface area contributed by atoms with Crippen LogP contribution in [0.1, 0.15) is 5.76 Å². The lowest BCUT2D eigenvalue weighted by Crippen LogP contribution is -2.17. The fourth-order valence-electron chi connectivity index (χ4n) is 1.97. The van der Waals surface area contributed by atoms with Crippen molar-refractivity contribution in [2.75, 3.05) is 0 Å². The summed E-state index contributed by atoms with van der Waals surface area (Å²) in [5.74, 6) is 0.160. The summed E-state index contributed by atoms with van der Waals surface area (Å²) >= 11 is 0.775. The summed E-state index contributed by atoms with van der Waals surface area (Å²) in [5, 5.41) is 12.7. The number of nitrogens with one attached hydrogen (secondary N) is 1. The van der Waals surface area contributed by atoms with Crippen LogP contribution in [0, 0.1) is 10.1 Å². The molecule has 1 aromatic carbocycles. The van der Waals surface area contributed by atoms with Gasteiger partial charge in [0.2, 0.25) is 0 Å². The van der Waals surface area contributed by atoms with Crippen LogP contribution < -0.4 is 5.32 Å². The van der Waals surface area contributed by atoms with Crippen molar-refractivity contribution in [1.82, 2.24) is 5.32 Å². The number of carbonyl (C=O) groups excluding carboxylic acids is 2. The van der Waals surface area contributed by atoms with Crippen molar-refractivity contribution >= 4 is 34.7 Å². The van der Waals surface area contributed by atoms with Crippen LogP contribution in [-0.4, -0.2) is 16.1 Å². The summed E-state index contributed by atoms with van der Waals surface area (Å²) in [6.45, 7) is 0. The molecule has 1 fully saturated rings.